The number of thiophene rings is 1. The van der Waals surface area contributed by atoms with Crippen LogP contribution < -0.4 is 10.6 Å². The highest BCUT2D eigenvalue weighted by atomic mass is 32.1. The van der Waals surface area contributed by atoms with Gasteiger partial charge in [-0.25, -0.2) is 4.79 Å². The Morgan fingerprint density at radius 3 is 2.28 bits per heavy atom. The van der Waals surface area contributed by atoms with Crippen molar-refractivity contribution < 1.29 is 9.53 Å². The normalized spacial score (nSPS) is 10.4. The van der Waals surface area contributed by atoms with E-state index in [4.69, 9.17) is 17.0 Å². The minimum atomic E-state index is -0.352. The summed E-state index contributed by atoms with van der Waals surface area (Å²) in [7, 11) is 1.39. The van der Waals surface area contributed by atoms with E-state index >= 15 is 0 Å². The minimum absolute atomic E-state index is 0.352. The second-order valence-electron chi connectivity index (χ2n) is 5.72. The first kappa shape index (κ1) is 19.4. The van der Waals surface area contributed by atoms with E-state index in [1.165, 1.54) is 29.6 Å². The van der Waals surface area contributed by atoms with Crippen LogP contribution in [0.25, 0.3) is 0 Å². The maximum atomic E-state index is 12.1. The Balaban J connectivity index is 2.28. The van der Waals surface area contributed by atoms with Crippen LogP contribution in [0.5, 0.6) is 0 Å². The number of para-hydroxylation sites is 1. The second-order valence-corrected chi connectivity index (χ2v) is 7.35. The summed E-state index contributed by atoms with van der Waals surface area (Å²) >= 11 is 7.00. The van der Waals surface area contributed by atoms with Crippen LogP contribution >= 0.6 is 23.6 Å². The number of methoxy groups -OCH3 is 1. The average Bonchev–Trinajstić information content (AvgIpc) is 2.88. The number of benzene rings is 1. The predicted octanol–water partition coefficient (Wildman–Crippen LogP) is 5.09. The number of hydrogen-bond donors (Lipinski definition) is 2. The molecule has 0 aliphatic rings. The van der Waals surface area contributed by atoms with Crippen LogP contribution in [0.15, 0.2) is 18.2 Å². The van der Waals surface area contributed by atoms with Crippen LogP contribution in [0.2, 0.25) is 0 Å². The SMILES string of the molecule is CCc1cccc(CC)c1NC(=S)Nc1sc(C)c(C)c1C(=O)OC. The Labute approximate surface area is 158 Å². The summed E-state index contributed by atoms with van der Waals surface area (Å²) in [5, 5.41) is 7.68. The number of nitrogens with one attached hydrogen (secondary N) is 2. The average molecular weight is 377 g/mol. The second kappa shape index (κ2) is 8.45. The first-order valence-corrected chi connectivity index (χ1v) is 9.52. The topological polar surface area (TPSA) is 50.4 Å². The highest BCUT2D eigenvalue weighted by molar-refractivity contribution is 7.80. The van der Waals surface area contributed by atoms with Gasteiger partial charge in [0.25, 0.3) is 0 Å². The molecule has 0 atom stereocenters. The smallest absolute Gasteiger partial charge is 0.341 e. The molecule has 1 aromatic heterocycles. The molecular weight excluding hydrogens is 352 g/mol. The monoisotopic (exact) mass is 376 g/mol. The number of esters is 1. The molecule has 1 heterocycles. The van der Waals surface area contributed by atoms with Gasteiger partial charge in [-0.1, -0.05) is 32.0 Å². The Morgan fingerprint density at radius 1 is 1.16 bits per heavy atom. The van der Waals surface area contributed by atoms with Crippen molar-refractivity contribution in [3.05, 3.63) is 45.3 Å². The molecule has 2 N–H and O–H groups in total. The Bertz CT molecular complexity index is 775. The molecule has 0 fully saturated rings. The van der Waals surface area contributed by atoms with Gasteiger partial charge in [-0.15, -0.1) is 11.3 Å². The molecule has 2 aromatic rings. The van der Waals surface area contributed by atoms with E-state index in [9.17, 15) is 4.79 Å². The molecule has 1 aromatic carbocycles. The molecule has 0 bridgehead atoms. The number of thiocarbonyl (C=S) groups is 1. The van der Waals surface area contributed by atoms with Crippen molar-refractivity contribution in [1.82, 2.24) is 0 Å². The van der Waals surface area contributed by atoms with Crippen molar-refractivity contribution in [3.63, 3.8) is 0 Å². The summed E-state index contributed by atoms with van der Waals surface area (Å²) in [6.45, 7) is 8.15. The van der Waals surface area contributed by atoms with Crippen LogP contribution in [-0.4, -0.2) is 18.2 Å². The lowest BCUT2D eigenvalue weighted by atomic mass is 10.0. The van der Waals surface area contributed by atoms with E-state index in [0.717, 1.165) is 29.0 Å². The zero-order chi connectivity index (χ0) is 18.6. The molecule has 134 valence electrons. The van der Waals surface area contributed by atoms with Crippen molar-refractivity contribution in [2.45, 2.75) is 40.5 Å². The molecule has 0 unspecified atom stereocenters. The number of anilines is 2. The Kier molecular flexibility index (Phi) is 6.56. The van der Waals surface area contributed by atoms with E-state index in [1.54, 1.807) is 0 Å². The third-order valence-corrected chi connectivity index (χ3v) is 5.57. The van der Waals surface area contributed by atoms with Gasteiger partial charge >= 0.3 is 5.97 Å². The van der Waals surface area contributed by atoms with E-state index in [2.05, 4.69) is 42.7 Å². The summed E-state index contributed by atoms with van der Waals surface area (Å²) < 4.78 is 4.91. The van der Waals surface area contributed by atoms with E-state index in [-0.39, 0.29) is 5.97 Å². The van der Waals surface area contributed by atoms with E-state index in [1.807, 2.05) is 13.8 Å². The standard InChI is InChI=1S/C19H24N2O2S2/c1-6-13-9-8-10-14(7-2)16(13)20-19(24)21-17-15(18(22)23-5)11(3)12(4)25-17/h8-10H,6-7H2,1-5H3,(H2,20,21,24). The fourth-order valence-electron chi connectivity index (χ4n) is 2.71. The molecule has 4 nitrogen and oxygen atoms in total. The summed E-state index contributed by atoms with van der Waals surface area (Å²) in [5.41, 5.74) is 4.96. The highest BCUT2D eigenvalue weighted by Crippen LogP contribution is 2.33. The maximum Gasteiger partial charge on any atom is 0.341 e. The number of hydrogen-bond acceptors (Lipinski definition) is 4. The van der Waals surface area contributed by atoms with Gasteiger partial charge in [0.15, 0.2) is 5.11 Å². The molecule has 2 rings (SSSR count). The number of ether oxygens (including phenoxy) is 1. The minimum Gasteiger partial charge on any atom is -0.465 e. The molecule has 0 radical (unpaired) electrons. The van der Waals surface area contributed by atoms with Crippen molar-refractivity contribution in [2.75, 3.05) is 17.7 Å². The van der Waals surface area contributed by atoms with Crippen LogP contribution in [0.3, 0.4) is 0 Å². The van der Waals surface area contributed by atoms with Gasteiger partial charge in [-0.05, 0) is 55.6 Å². The molecule has 0 saturated carbocycles. The van der Waals surface area contributed by atoms with Crippen molar-refractivity contribution >= 4 is 45.3 Å². The van der Waals surface area contributed by atoms with Gasteiger partial charge in [-0.3, -0.25) is 0 Å². The van der Waals surface area contributed by atoms with Crippen LogP contribution in [-0.2, 0) is 17.6 Å². The highest BCUT2D eigenvalue weighted by Gasteiger charge is 2.21. The number of rotatable bonds is 5. The number of carbonyl (C=O) groups excluding carboxylic acids is 1. The van der Waals surface area contributed by atoms with Gasteiger partial charge in [0.2, 0.25) is 0 Å². The predicted molar refractivity (Wildman–Crippen MR) is 110 cm³/mol. The quantitative estimate of drug-likeness (QED) is 0.563. The third kappa shape index (κ3) is 4.19. The van der Waals surface area contributed by atoms with Gasteiger partial charge in [-0.2, -0.15) is 0 Å². The van der Waals surface area contributed by atoms with Gasteiger partial charge < -0.3 is 15.4 Å². The molecule has 6 heteroatoms. The molecule has 25 heavy (non-hydrogen) atoms. The van der Waals surface area contributed by atoms with Crippen molar-refractivity contribution in [3.8, 4) is 0 Å². The summed E-state index contributed by atoms with van der Waals surface area (Å²) in [5.74, 6) is -0.352. The summed E-state index contributed by atoms with van der Waals surface area (Å²) in [4.78, 5) is 13.2. The molecule has 0 saturated heterocycles. The summed E-state index contributed by atoms with van der Waals surface area (Å²) in [6.07, 6.45) is 1.84. The molecule has 0 aliphatic carbocycles. The van der Waals surface area contributed by atoms with Gasteiger partial charge in [0, 0.05) is 10.6 Å². The largest absolute Gasteiger partial charge is 0.465 e. The van der Waals surface area contributed by atoms with Crippen molar-refractivity contribution in [2.24, 2.45) is 0 Å². The summed E-state index contributed by atoms with van der Waals surface area (Å²) in [6, 6.07) is 6.27. The first-order valence-electron chi connectivity index (χ1n) is 8.29. The Hall–Kier alpha value is -1.92. The Morgan fingerprint density at radius 2 is 1.76 bits per heavy atom. The lowest BCUT2D eigenvalue weighted by Crippen LogP contribution is -2.21. The van der Waals surface area contributed by atoms with Crippen LogP contribution in [0.1, 0.15) is 45.8 Å². The zero-order valence-electron chi connectivity index (χ0n) is 15.3. The van der Waals surface area contributed by atoms with E-state index in [0.29, 0.717) is 15.7 Å². The molecule has 0 amide bonds. The number of aryl methyl sites for hydroxylation is 3. The lowest BCUT2D eigenvalue weighted by Gasteiger charge is -2.17. The van der Waals surface area contributed by atoms with Gasteiger partial charge in [0.05, 0.1) is 12.7 Å². The molecule has 0 aliphatic heterocycles. The fraction of sp³-hybridized carbons (Fsp3) is 0.368. The van der Waals surface area contributed by atoms with E-state index < -0.39 is 0 Å². The maximum absolute atomic E-state index is 12.1. The van der Waals surface area contributed by atoms with Crippen molar-refractivity contribution in [1.29, 1.82) is 0 Å². The lowest BCUT2D eigenvalue weighted by molar-refractivity contribution is 0.0601. The number of carbonyl (C=O) groups is 1. The molecule has 0 spiro atoms. The third-order valence-electron chi connectivity index (χ3n) is 4.24. The fourth-order valence-corrected chi connectivity index (χ4v) is 4.04. The molecular formula is C19H24N2O2S2. The zero-order valence-corrected chi connectivity index (χ0v) is 16.9. The van der Waals surface area contributed by atoms with Crippen LogP contribution in [0.4, 0.5) is 10.7 Å². The van der Waals surface area contributed by atoms with Crippen LogP contribution in [0, 0.1) is 13.8 Å². The van der Waals surface area contributed by atoms with Gasteiger partial charge in [0.1, 0.15) is 5.00 Å². The first-order chi connectivity index (χ1) is 11.9.